The molecule has 2 aliphatic carbocycles. The molecule has 0 N–H and O–H groups in total. The Hall–Kier alpha value is -0.687. The molecule has 0 unspecified atom stereocenters. The third-order valence-corrected chi connectivity index (χ3v) is 2.41. The van der Waals surface area contributed by atoms with Crippen LogP contribution in [0, 0.1) is 63.7 Å². The molecule has 2 nitrogen and oxygen atoms in total. The van der Waals surface area contributed by atoms with Crippen LogP contribution in [0.4, 0.5) is 0 Å². The van der Waals surface area contributed by atoms with Crippen molar-refractivity contribution in [3.8, 4) is 5.75 Å². The van der Waals surface area contributed by atoms with Gasteiger partial charge in [0.15, 0.2) is 0 Å². The first-order valence-corrected chi connectivity index (χ1v) is 6.02. The van der Waals surface area contributed by atoms with Gasteiger partial charge < -0.3 is 4.74 Å². The van der Waals surface area contributed by atoms with Gasteiger partial charge in [-0.15, -0.1) is 0 Å². The molecular formula is C17H14O2Ru+2. The van der Waals surface area contributed by atoms with E-state index in [9.17, 15) is 4.79 Å². The second kappa shape index (κ2) is 10.1. The van der Waals surface area contributed by atoms with Crippen LogP contribution in [-0.2, 0) is 24.3 Å². The third-order valence-electron chi connectivity index (χ3n) is 2.41. The summed E-state index contributed by atoms with van der Waals surface area (Å²) in [7, 11) is 0. The fourth-order valence-corrected chi connectivity index (χ4v) is 1.49. The van der Waals surface area contributed by atoms with Crippen LogP contribution in [0.5, 0.6) is 5.75 Å². The summed E-state index contributed by atoms with van der Waals surface area (Å²) in [5, 5.41) is 0. The van der Waals surface area contributed by atoms with Crippen molar-refractivity contribution >= 4 is 5.97 Å². The summed E-state index contributed by atoms with van der Waals surface area (Å²) in [5.41, 5.74) is 0. The number of benzene rings is 1. The molecule has 1 aromatic rings. The largest absolute Gasteiger partial charge is 2.00 e. The fraction of sp³-hybridized carbons (Fsp3) is 0. The minimum absolute atomic E-state index is 0. The third kappa shape index (κ3) is 6.18. The molecule has 20 heavy (non-hydrogen) atoms. The number of rotatable bonds is 2. The molecular weight excluding hydrogens is 337 g/mol. The predicted molar refractivity (Wildman–Crippen MR) is 74.0 cm³/mol. The zero-order valence-electron chi connectivity index (χ0n) is 10.8. The second-order valence-corrected chi connectivity index (χ2v) is 3.84. The summed E-state index contributed by atoms with van der Waals surface area (Å²) < 4.78 is 5.12. The van der Waals surface area contributed by atoms with Gasteiger partial charge in [0.05, 0.1) is 5.92 Å². The standard InChI is InChI=1S/C12H9O2.C5H5.Ru/c13-12(10-6-4-5-7-10)14-11-8-2-1-3-9-11;1-2-4-5-3-1;/h1-9H;1-5H;/q;;+2. The maximum absolute atomic E-state index is 11.5. The Morgan fingerprint density at radius 2 is 1.25 bits per heavy atom. The van der Waals surface area contributed by atoms with Crippen molar-refractivity contribution in [2.24, 2.45) is 0 Å². The molecule has 2 saturated carbocycles. The summed E-state index contributed by atoms with van der Waals surface area (Å²) in [6, 6.07) is 9.03. The van der Waals surface area contributed by atoms with Gasteiger partial charge in [-0.1, -0.05) is 18.2 Å². The molecule has 2 fully saturated rings. The van der Waals surface area contributed by atoms with Crippen LogP contribution in [0.3, 0.4) is 0 Å². The van der Waals surface area contributed by atoms with Crippen molar-refractivity contribution < 1.29 is 29.0 Å². The van der Waals surface area contributed by atoms with E-state index in [-0.39, 0.29) is 25.4 Å². The summed E-state index contributed by atoms with van der Waals surface area (Å²) >= 11 is 0. The van der Waals surface area contributed by atoms with E-state index < -0.39 is 0 Å². The van der Waals surface area contributed by atoms with Gasteiger partial charge in [-0.25, -0.2) is 0 Å². The summed E-state index contributed by atoms with van der Waals surface area (Å²) in [6.45, 7) is 0. The summed E-state index contributed by atoms with van der Waals surface area (Å²) in [6.07, 6.45) is 17.1. The van der Waals surface area contributed by atoms with E-state index in [0.29, 0.717) is 11.7 Å². The Kier molecular flexibility index (Phi) is 8.77. The smallest absolute Gasteiger partial charge is 0.426 e. The van der Waals surface area contributed by atoms with Crippen LogP contribution in [0.15, 0.2) is 30.3 Å². The van der Waals surface area contributed by atoms with Gasteiger partial charge in [-0.05, 0) is 69.9 Å². The second-order valence-electron chi connectivity index (χ2n) is 3.84. The molecule has 0 heterocycles. The van der Waals surface area contributed by atoms with E-state index in [2.05, 4.69) is 0 Å². The van der Waals surface area contributed by atoms with Crippen molar-refractivity contribution in [1.29, 1.82) is 0 Å². The van der Waals surface area contributed by atoms with E-state index in [1.54, 1.807) is 25.0 Å². The molecule has 0 bridgehead atoms. The topological polar surface area (TPSA) is 26.3 Å². The number of hydrogen-bond acceptors (Lipinski definition) is 2. The molecule has 10 radical (unpaired) electrons. The summed E-state index contributed by atoms with van der Waals surface area (Å²) in [4.78, 5) is 11.5. The Balaban J connectivity index is 0.000000283. The number of carbonyl (C=O) groups excluding carboxylic acids is 1. The van der Waals surface area contributed by atoms with E-state index in [4.69, 9.17) is 4.74 Å². The van der Waals surface area contributed by atoms with E-state index in [1.807, 2.05) is 63.1 Å². The van der Waals surface area contributed by atoms with Crippen LogP contribution in [0.25, 0.3) is 0 Å². The van der Waals surface area contributed by atoms with Crippen LogP contribution < -0.4 is 4.74 Å². The van der Waals surface area contributed by atoms with Gasteiger partial charge in [0.1, 0.15) is 5.75 Å². The Labute approximate surface area is 135 Å². The van der Waals surface area contributed by atoms with Crippen molar-refractivity contribution in [2.45, 2.75) is 0 Å². The van der Waals surface area contributed by atoms with Gasteiger partial charge >= 0.3 is 25.4 Å². The van der Waals surface area contributed by atoms with Crippen LogP contribution in [0.2, 0.25) is 0 Å². The van der Waals surface area contributed by atoms with Gasteiger partial charge in [0.2, 0.25) is 0 Å². The molecule has 100 valence electrons. The summed E-state index contributed by atoms with van der Waals surface area (Å²) in [5.74, 6) is 0.828. The molecule has 1 aromatic carbocycles. The van der Waals surface area contributed by atoms with Gasteiger partial charge in [-0.3, -0.25) is 4.79 Å². The van der Waals surface area contributed by atoms with Crippen molar-refractivity contribution in [1.82, 2.24) is 0 Å². The molecule has 0 aromatic heterocycles. The van der Waals surface area contributed by atoms with Gasteiger partial charge in [0.25, 0.3) is 0 Å². The SMILES string of the molecule is O=C(Oc1ccccc1)[C]1[CH][CH][CH][CH]1.[CH]1[CH][CH][CH][CH]1.[Ru+2]. The monoisotopic (exact) mass is 352 g/mol. The molecule has 3 heteroatoms. The molecule has 3 rings (SSSR count). The minimum Gasteiger partial charge on any atom is -0.426 e. The molecule has 0 aliphatic heterocycles. The average molecular weight is 351 g/mol. The van der Waals surface area contributed by atoms with Crippen LogP contribution in [0.1, 0.15) is 0 Å². The number of ether oxygens (including phenoxy) is 1. The molecule has 2 aliphatic rings. The van der Waals surface area contributed by atoms with E-state index in [1.165, 1.54) is 0 Å². The molecule has 0 amide bonds. The van der Waals surface area contributed by atoms with E-state index in [0.717, 1.165) is 0 Å². The zero-order valence-corrected chi connectivity index (χ0v) is 12.5. The number of para-hydroxylation sites is 1. The van der Waals surface area contributed by atoms with Crippen molar-refractivity contribution in [3.63, 3.8) is 0 Å². The maximum Gasteiger partial charge on any atom is 2.00 e. The minimum atomic E-state index is -0.318. The maximum atomic E-state index is 11.5. The van der Waals surface area contributed by atoms with Crippen LogP contribution >= 0.6 is 0 Å². The molecule has 0 saturated heterocycles. The molecule has 0 atom stereocenters. The van der Waals surface area contributed by atoms with Gasteiger partial charge in [0, 0.05) is 0 Å². The quantitative estimate of drug-likeness (QED) is 0.465. The van der Waals surface area contributed by atoms with Crippen molar-refractivity contribution in [3.05, 3.63) is 94.0 Å². The number of carbonyl (C=O) groups is 1. The first kappa shape index (κ1) is 17.4. The van der Waals surface area contributed by atoms with Gasteiger partial charge in [-0.2, -0.15) is 0 Å². The Morgan fingerprint density at radius 1 is 0.750 bits per heavy atom. The molecule has 0 spiro atoms. The number of esters is 1. The zero-order chi connectivity index (χ0) is 13.3. The first-order valence-electron chi connectivity index (χ1n) is 6.02. The predicted octanol–water partition coefficient (Wildman–Crippen LogP) is 3.02. The Morgan fingerprint density at radius 3 is 1.75 bits per heavy atom. The van der Waals surface area contributed by atoms with Crippen molar-refractivity contribution in [2.75, 3.05) is 0 Å². The van der Waals surface area contributed by atoms with E-state index >= 15 is 0 Å². The Bertz CT molecular complexity index is 360. The fourth-order valence-electron chi connectivity index (χ4n) is 1.49. The normalized spacial score (nSPS) is 17.8. The van der Waals surface area contributed by atoms with Crippen LogP contribution in [-0.4, -0.2) is 5.97 Å². The average Bonchev–Trinajstić information content (AvgIpc) is 3.16. The number of hydrogen-bond donors (Lipinski definition) is 0. The first-order chi connectivity index (χ1) is 9.36.